The van der Waals surface area contributed by atoms with Gasteiger partial charge in [0, 0.05) is 32.1 Å². The Morgan fingerprint density at radius 3 is 2.71 bits per heavy atom. The van der Waals surface area contributed by atoms with E-state index in [1.165, 1.54) is 6.26 Å². The summed E-state index contributed by atoms with van der Waals surface area (Å²) in [7, 11) is 0. The zero-order chi connectivity index (χ0) is 21.2. The molecule has 0 spiro atoms. The van der Waals surface area contributed by atoms with Crippen LogP contribution in [0.3, 0.4) is 0 Å². The van der Waals surface area contributed by atoms with Crippen molar-refractivity contribution >= 4 is 17.5 Å². The maximum atomic E-state index is 13.1. The maximum Gasteiger partial charge on any atom is 0.290 e. The number of carbonyl (C=O) groups is 2. The number of amides is 2. The molecule has 156 valence electrons. The standard InChI is InChI=1S/C23H21N5O3/c29-22(24-11-10-21-26-25-20-9-3-4-12-27(20)21)18-14-16-6-1-2-7-17(16)15-28(18)23(30)19-8-5-13-31-19/h1-9,12-13,18H,10-11,14-15H2,(H,24,29). The van der Waals surface area contributed by atoms with Crippen LogP contribution in [-0.4, -0.2) is 43.9 Å². The Kier molecular flexibility index (Phi) is 4.95. The minimum atomic E-state index is -0.609. The number of furan rings is 1. The van der Waals surface area contributed by atoms with Crippen LogP contribution < -0.4 is 5.32 Å². The molecule has 5 rings (SSSR count). The van der Waals surface area contributed by atoms with Gasteiger partial charge in [0.25, 0.3) is 5.91 Å². The van der Waals surface area contributed by atoms with E-state index in [0.29, 0.717) is 25.9 Å². The van der Waals surface area contributed by atoms with Gasteiger partial charge in [-0.15, -0.1) is 10.2 Å². The SMILES string of the molecule is O=C(NCCc1nnc2ccccn12)C1Cc2ccccc2CN1C(=O)c1ccco1. The summed E-state index contributed by atoms with van der Waals surface area (Å²) in [5.74, 6) is 0.520. The van der Waals surface area contributed by atoms with E-state index < -0.39 is 6.04 Å². The van der Waals surface area contributed by atoms with Crippen molar-refractivity contribution in [1.82, 2.24) is 24.8 Å². The Morgan fingerprint density at radius 1 is 1.03 bits per heavy atom. The molecular weight excluding hydrogens is 394 g/mol. The molecule has 4 heterocycles. The Morgan fingerprint density at radius 2 is 1.87 bits per heavy atom. The van der Waals surface area contributed by atoms with Crippen molar-refractivity contribution in [1.29, 1.82) is 0 Å². The second kappa shape index (κ2) is 8.06. The third-order valence-corrected chi connectivity index (χ3v) is 5.58. The molecule has 0 saturated heterocycles. The highest BCUT2D eigenvalue weighted by Crippen LogP contribution is 2.25. The molecule has 1 unspecified atom stereocenters. The number of hydrogen-bond acceptors (Lipinski definition) is 5. The molecule has 1 aliphatic rings. The number of benzene rings is 1. The van der Waals surface area contributed by atoms with Gasteiger partial charge in [0.2, 0.25) is 5.91 Å². The second-order valence-electron chi connectivity index (χ2n) is 7.49. The molecule has 3 aromatic heterocycles. The van der Waals surface area contributed by atoms with Crippen LogP contribution in [0.25, 0.3) is 5.65 Å². The van der Waals surface area contributed by atoms with Gasteiger partial charge in [-0.2, -0.15) is 0 Å². The van der Waals surface area contributed by atoms with E-state index in [1.54, 1.807) is 17.0 Å². The first kappa shape index (κ1) is 19.0. The first-order valence-electron chi connectivity index (χ1n) is 10.2. The largest absolute Gasteiger partial charge is 0.459 e. The zero-order valence-corrected chi connectivity index (χ0v) is 16.8. The first-order valence-corrected chi connectivity index (χ1v) is 10.2. The predicted octanol–water partition coefficient (Wildman–Crippen LogP) is 2.25. The summed E-state index contributed by atoms with van der Waals surface area (Å²) in [6.07, 6.45) is 4.35. The van der Waals surface area contributed by atoms with Crippen molar-refractivity contribution in [3.8, 4) is 0 Å². The van der Waals surface area contributed by atoms with Gasteiger partial charge in [-0.05, 0) is 35.4 Å². The van der Waals surface area contributed by atoms with E-state index in [9.17, 15) is 9.59 Å². The number of nitrogens with zero attached hydrogens (tertiary/aromatic N) is 4. The molecule has 0 fully saturated rings. The molecule has 8 nitrogen and oxygen atoms in total. The lowest BCUT2D eigenvalue weighted by atomic mass is 9.93. The number of rotatable bonds is 5. The molecule has 0 bridgehead atoms. The average Bonchev–Trinajstić information content (AvgIpc) is 3.48. The highest BCUT2D eigenvalue weighted by atomic mass is 16.3. The molecule has 4 aromatic rings. The maximum absolute atomic E-state index is 13.1. The topological polar surface area (TPSA) is 92.7 Å². The van der Waals surface area contributed by atoms with Crippen LogP contribution in [0.4, 0.5) is 0 Å². The Hall–Kier alpha value is -3.94. The normalized spacial score (nSPS) is 15.6. The van der Waals surface area contributed by atoms with E-state index in [-0.39, 0.29) is 17.6 Å². The predicted molar refractivity (Wildman–Crippen MR) is 112 cm³/mol. The van der Waals surface area contributed by atoms with Gasteiger partial charge in [-0.3, -0.25) is 14.0 Å². The van der Waals surface area contributed by atoms with E-state index in [1.807, 2.05) is 53.1 Å². The third-order valence-electron chi connectivity index (χ3n) is 5.58. The minimum absolute atomic E-state index is 0.191. The lowest BCUT2D eigenvalue weighted by Gasteiger charge is -2.35. The fourth-order valence-electron chi connectivity index (χ4n) is 3.99. The van der Waals surface area contributed by atoms with Crippen LogP contribution in [0.2, 0.25) is 0 Å². The summed E-state index contributed by atoms with van der Waals surface area (Å²) in [4.78, 5) is 27.7. The fourth-order valence-corrected chi connectivity index (χ4v) is 3.99. The van der Waals surface area contributed by atoms with Crippen LogP contribution in [0.1, 0.15) is 27.5 Å². The Bertz CT molecular complexity index is 1230. The van der Waals surface area contributed by atoms with Gasteiger partial charge >= 0.3 is 0 Å². The molecule has 31 heavy (non-hydrogen) atoms. The molecular formula is C23H21N5O3. The van der Waals surface area contributed by atoms with E-state index >= 15 is 0 Å². The summed E-state index contributed by atoms with van der Waals surface area (Å²) in [6, 6.07) is 16.3. The number of aromatic nitrogens is 3. The van der Waals surface area contributed by atoms with Crippen molar-refractivity contribution in [2.45, 2.75) is 25.4 Å². The molecule has 0 saturated carbocycles. The van der Waals surface area contributed by atoms with Crippen LogP contribution in [0, 0.1) is 0 Å². The Labute approximate surface area is 178 Å². The van der Waals surface area contributed by atoms with Crippen LogP contribution in [-0.2, 0) is 24.2 Å². The molecule has 1 aliphatic heterocycles. The number of pyridine rings is 1. The third kappa shape index (κ3) is 3.68. The van der Waals surface area contributed by atoms with Crippen molar-refractivity contribution in [3.63, 3.8) is 0 Å². The molecule has 1 atom stereocenters. The van der Waals surface area contributed by atoms with Gasteiger partial charge in [-0.1, -0.05) is 30.3 Å². The molecule has 1 aromatic carbocycles. The van der Waals surface area contributed by atoms with Crippen molar-refractivity contribution in [2.75, 3.05) is 6.54 Å². The summed E-state index contributed by atoms with van der Waals surface area (Å²) in [6.45, 7) is 0.762. The molecule has 1 N–H and O–H groups in total. The van der Waals surface area contributed by atoms with Crippen LogP contribution in [0.15, 0.2) is 71.5 Å². The fraction of sp³-hybridized carbons (Fsp3) is 0.217. The first-order chi connectivity index (χ1) is 15.2. The number of fused-ring (bicyclic) bond motifs is 2. The quantitative estimate of drug-likeness (QED) is 0.540. The zero-order valence-electron chi connectivity index (χ0n) is 16.8. The smallest absolute Gasteiger partial charge is 0.290 e. The van der Waals surface area contributed by atoms with E-state index in [4.69, 9.17) is 4.42 Å². The number of nitrogens with one attached hydrogen (secondary N) is 1. The summed E-state index contributed by atoms with van der Waals surface area (Å²) in [5, 5.41) is 11.3. The molecule has 8 heteroatoms. The van der Waals surface area contributed by atoms with E-state index in [2.05, 4.69) is 15.5 Å². The lowest BCUT2D eigenvalue weighted by Crippen LogP contribution is -2.52. The number of carbonyl (C=O) groups excluding carboxylic acids is 2. The van der Waals surface area contributed by atoms with Gasteiger partial charge in [0.05, 0.1) is 6.26 Å². The summed E-state index contributed by atoms with van der Waals surface area (Å²) >= 11 is 0. The van der Waals surface area contributed by atoms with Gasteiger partial charge in [-0.25, -0.2) is 0 Å². The Balaban J connectivity index is 1.32. The minimum Gasteiger partial charge on any atom is -0.459 e. The summed E-state index contributed by atoms with van der Waals surface area (Å²) in [5.41, 5.74) is 2.89. The van der Waals surface area contributed by atoms with Crippen molar-refractivity contribution < 1.29 is 14.0 Å². The van der Waals surface area contributed by atoms with Crippen molar-refractivity contribution in [3.05, 3.63) is 89.8 Å². The summed E-state index contributed by atoms with van der Waals surface area (Å²) < 4.78 is 7.19. The highest BCUT2D eigenvalue weighted by Gasteiger charge is 2.35. The second-order valence-corrected chi connectivity index (χ2v) is 7.49. The van der Waals surface area contributed by atoms with Gasteiger partial charge in [0.1, 0.15) is 11.9 Å². The van der Waals surface area contributed by atoms with Gasteiger partial charge in [0.15, 0.2) is 11.4 Å². The van der Waals surface area contributed by atoms with E-state index in [0.717, 1.165) is 22.6 Å². The molecule has 2 amide bonds. The average molecular weight is 415 g/mol. The highest BCUT2D eigenvalue weighted by molar-refractivity contribution is 5.96. The molecule has 0 radical (unpaired) electrons. The van der Waals surface area contributed by atoms with Crippen molar-refractivity contribution in [2.24, 2.45) is 0 Å². The van der Waals surface area contributed by atoms with Crippen LogP contribution in [0.5, 0.6) is 0 Å². The van der Waals surface area contributed by atoms with Crippen LogP contribution >= 0.6 is 0 Å². The number of hydrogen-bond donors (Lipinski definition) is 1. The lowest BCUT2D eigenvalue weighted by molar-refractivity contribution is -0.126. The monoisotopic (exact) mass is 415 g/mol. The van der Waals surface area contributed by atoms with Gasteiger partial charge < -0.3 is 14.6 Å². The molecule has 0 aliphatic carbocycles.